The van der Waals surface area contributed by atoms with Crippen molar-refractivity contribution in [3.05, 3.63) is 142 Å². The highest BCUT2D eigenvalue weighted by Gasteiger charge is 2.39. The summed E-state index contributed by atoms with van der Waals surface area (Å²) in [5, 5.41) is 4.96. The van der Waals surface area contributed by atoms with Gasteiger partial charge in [-0.1, -0.05) is 100 Å². The zero-order valence-electron chi connectivity index (χ0n) is 27.1. The molecule has 1 heterocycles. The Morgan fingerprint density at radius 3 is 2.36 bits per heavy atom. The molecule has 0 spiro atoms. The van der Waals surface area contributed by atoms with Crippen molar-refractivity contribution in [1.82, 2.24) is 0 Å². The van der Waals surface area contributed by atoms with Crippen molar-refractivity contribution < 1.29 is 4.74 Å². The van der Waals surface area contributed by atoms with Gasteiger partial charge in [-0.2, -0.15) is 5.11 Å². The number of halogens is 2. The maximum Gasteiger partial charge on any atom is 0.157 e. The Balaban J connectivity index is 1.65. The smallest absolute Gasteiger partial charge is 0.157 e. The van der Waals surface area contributed by atoms with Gasteiger partial charge in [-0.3, -0.25) is 0 Å². The first kappa shape index (κ1) is 34.1. The molecule has 0 saturated heterocycles. The lowest BCUT2D eigenvalue weighted by Gasteiger charge is -2.29. The van der Waals surface area contributed by atoms with Crippen molar-refractivity contribution in [3.8, 4) is 5.75 Å². The van der Waals surface area contributed by atoms with Gasteiger partial charge in [-0.05, 0) is 96.4 Å². The van der Waals surface area contributed by atoms with Crippen LogP contribution in [0.5, 0.6) is 5.75 Å². The summed E-state index contributed by atoms with van der Waals surface area (Å²) in [6, 6.07) is 19.4. The van der Waals surface area contributed by atoms with E-state index in [0.29, 0.717) is 17.2 Å². The number of ether oxygens (including phenoxy) is 1. The molecule has 3 aromatic rings. The van der Waals surface area contributed by atoms with Crippen molar-refractivity contribution >= 4 is 47.3 Å². The summed E-state index contributed by atoms with van der Waals surface area (Å²) < 4.78 is 6.29. The number of hydrogen-bond acceptors (Lipinski definition) is 4. The van der Waals surface area contributed by atoms with Crippen molar-refractivity contribution in [2.75, 3.05) is 11.4 Å². The Kier molecular flexibility index (Phi) is 11.0. The largest absolute Gasteiger partial charge is 0.457 e. The lowest BCUT2D eigenvalue weighted by molar-refractivity contribution is 0.444. The minimum atomic E-state index is -0.313. The van der Waals surface area contributed by atoms with Crippen LogP contribution in [0.25, 0.3) is 0 Å². The van der Waals surface area contributed by atoms with Gasteiger partial charge in [0.05, 0.1) is 5.69 Å². The zero-order valence-corrected chi connectivity index (χ0v) is 28.6. The van der Waals surface area contributed by atoms with Crippen LogP contribution in [-0.2, 0) is 10.8 Å². The molecule has 0 amide bonds. The molecule has 0 aromatic heterocycles. The van der Waals surface area contributed by atoms with Crippen LogP contribution in [0.1, 0.15) is 52.7 Å². The fraction of sp³-hybridized carbons (Fsp3) is 0.263. The SMILES string of the molecule is C=C(/C=C/C=C(/C=C/C=C1/N(CC)c2ccc(Cl)cc2C1(C)C)Oc1ccc(N=N)cc1)C(C)(C)c1cc(Cl)ccc1BCC. The molecule has 1 aliphatic rings. The third-order valence-electron chi connectivity index (χ3n) is 8.51. The molecular weight excluding hydrogens is 596 g/mol. The van der Waals surface area contributed by atoms with Crippen LogP contribution in [0.15, 0.2) is 126 Å². The molecule has 4 nitrogen and oxygen atoms in total. The summed E-state index contributed by atoms with van der Waals surface area (Å²) in [5.41, 5.74) is 14.4. The van der Waals surface area contributed by atoms with E-state index in [1.807, 2.05) is 54.6 Å². The van der Waals surface area contributed by atoms with Gasteiger partial charge in [0.15, 0.2) is 7.28 Å². The molecule has 0 aliphatic carbocycles. The molecule has 1 aliphatic heterocycles. The summed E-state index contributed by atoms with van der Waals surface area (Å²) in [6.45, 7) is 18.5. The second-order valence-corrected chi connectivity index (χ2v) is 13.2. The van der Waals surface area contributed by atoms with E-state index in [1.165, 1.54) is 28.0 Å². The van der Waals surface area contributed by atoms with E-state index in [4.69, 9.17) is 33.5 Å². The van der Waals surface area contributed by atoms with Crippen LogP contribution in [0.2, 0.25) is 16.4 Å². The van der Waals surface area contributed by atoms with Crippen molar-refractivity contribution in [2.24, 2.45) is 5.11 Å². The second kappa shape index (κ2) is 14.5. The predicted octanol–water partition coefficient (Wildman–Crippen LogP) is 10.8. The first-order chi connectivity index (χ1) is 21.4. The van der Waals surface area contributed by atoms with Gasteiger partial charge < -0.3 is 9.64 Å². The average molecular weight is 638 g/mol. The van der Waals surface area contributed by atoms with Crippen LogP contribution >= 0.6 is 23.2 Å². The number of hydrogen-bond donors (Lipinski definition) is 1. The molecule has 0 atom stereocenters. The third-order valence-corrected chi connectivity index (χ3v) is 8.98. The molecule has 4 rings (SSSR count). The highest BCUT2D eigenvalue weighted by atomic mass is 35.5. The van der Waals surface area contributed by atoms with E-state index in [1.54, 1.807) is 12.1 Å². The Morgan fingerprint density at radius 2 is 1.69 bits per heavy atom. The summed E-state index contributed by atoms with van der Waals surface area (Å²) in [6.07, 6.45) is 13.2. The molecule has 1 N–H and O–H groups in total. The van der Waals surface area contributed by atoms with Crippen LogP contribution in [0, 0.1) is 5.53 Å². The number of nitrogens with one attached hydrogen (secondary N) is 1. The molecule has 0 saturated carbocycles. The Bertz CT molecular complexity index is 1680. The van der Waals surface area contributed by atoms with E-state index in [2.05, 4.69) is 88.5 Å². The third kappa shape index (κ3) is 7.72. The lowest BCUT2D eigenvalue weighted by atomic mass is 9.61. The molecule has 0 radical (unpaired) electrons. The maximum absolute atomic E-state index is 7.26. The second-order valence-electron chi connectivity index (χ2n) is 12.3. The van der Waals surface area contributed by atoms with E-state index >= 15 is 0 Å². The predicted molar refractivity (Wildman–Crippen MR) is 195 cm³/mol. The highest BCUT2D eigenvalue weighted by Crippen LogP contribution is 2.48. The van der Waals surface area contributed by atoms with Gasteiger partial charge in [-0.25, -0.2) is 5.53 Å². The monoisotopic (exact) mass is 637 g/mol. The van der Waals surface area contributed by atoms with E-state index in [9.17, 15) is 0 Å². The van der Waals surface area contributed by atoms with Gasteiger partial charge >= 0.3 is 0 Å². The quantitative estimate of drug-likeness (QED) is 0.0929. The van der Waals surface area contributed by atoms with Gasteiger partial charge in [0.1, 0.15) is 11.5 Å². The van der Waals surface area contributed by atoms with Crippen LogP contribution in [0.3, 0.4) is 0 Å². The topological polar surface area (TPSA) is 48.7 Å². The summed E-state index contributed by atoms with van der Waals surface area (Å²) in [7, 11) is 0.988. The normalized spacial score (nSPS) is 15.6. The highest BCUT2D eigenvalue weighted by molar-refractivity contribution is 6.54. The number of likely N-dealkylation sites (N-methyl/N-ethyl adjacent to an activating group) is 1. The maximum atomic E-state index is 7.26. The number of nitrogens with zero attached hydrogens (tertiary/aromatic N) is 2. The number of rotatable bonds is 12. The van der Waals surface area contributed by atoms with Gasteiger partial charge in [0, 0.05) is 38.8 Å². The number of anilines is 1. The zero-order chi connectivity index (χ0) is 32.8. The molecule has 3 aromatic carbocycles. The number of fused-ring (bicyclic) bond motifs is 1. The molecule has 45 heavy (non-hydrogen) atoms. The first-order valence-electron chi connectivity index (χ1n) is 15.4. The molecule has 0 fully saturated rings. The van der Waals surface area contributed by atoms with Crippen molar-refractivity contribution in [1.29, 1.82) is 5.53 Å². The number of allylic oxidation sites excluding steroid dienone is 8. The molecular formula is C38H42BCl2N3O. The van der Waals surface area contributed by atoms with Gasteiger partial charge in [0.2, 0.25) is 0 Å². The number of benzene rings is 3. The Labute approximate surface area is 279 Å². The first-order valence-corrected chi connectivity index (χ1v) is 16.2. The standard InChI is InChI=1S/C38H42BCl2N3O/c1-8-39-34-22-16-27(40)24-32(34)37(4,5)26(3)12-10-13-30(45-31-20-18-29(43-42)19-21-31)14-11-15-36-38(6,7)33-25-28(41)17-23-35(33)44(36)9-2/h10-25,39,42H,3,8-9H2,1-2,4-7H3/b12-10+,14-11+,30-13-,36-15+,43-42?. The van der Waals surface area contributed by atoms with Crippen LogP contribution in [0.4, 0.5) is 11.4 Å². The van der Waals surface area contributed by atoms with E-state index < -0.39 is 0 Å². The minimum Gasteiger partial charge on any atom is -0.457 e. The Hall–Kier alpha value is -3.80. The van der Waals surface area contributed by atoms with Crippen LogP contribution in [-0.4, -0.2) is 13.8 Å². The van der Waals surface area contributed by atoms with Crippen molar-refractivity contribution in [3.63, 3.8) is 0 Å². The average Bonchev–Trinajstić information content (AvgIpc) is 3.22. The fourth-order valence-corrected chi connectivity index (χ4v) is 6.17. The fourth-order valence-electron chi connectivity index (χ4n) is 5.83. The summed E-state index contributed by atoms with van der Waals surface area (Å²) >= 11 is 12.8. The van der Waals surface area contributed by atoms with Gasteiger partial charge in [-0.15, -0.1) is 0 Å². The van der Waals surface area contributed by atoms with E-state index in [-0.39, 0.29) is 10.8 Å². The van der Waals surface area contributed by atoms with Crippen LogP contribution < -0.4 is 15.1 Å². The summed E-state index contributed by atoms with van der Waals surface area (Å²) in [5.74, 6) is 1.30. The van der Waals surface area contributed by atoms with Gasteiger partial charge in [0.25, 0.3) is 0 Å². The van der Waals surface area contributed by atoms with Crippen molar-refractivity contribution in [2.45, 2.75) is 58.7 Å². The Morgan fingerprint density at radius 1 is 1.00 bits per heavy atom. The molecule has 0 unspecified atom stereocenters. The molecule has 232 valence electrons. The molecule has 7 heteroatoms. The minimum absolute atomic E-state index is 0.207. The summed E-state index contributed by atoms with van der Waals surface area (Å²) in [4.78, 5) is 2.33. The van der Waals surface area contributed by atoms with E-state index in [0.717, 1.165) is 35.8 Å². The molecule has 0 bridgehead atoms. The lowest BCUT2D eigenvalue weighted by Crippen LogP contribution is -2.30.